The number of ether oxygens (including phenoxy) is 2. The molecule has 0 amide bonds. The highest BCUT2D eigenvalue weighted by atomic mass is 16.6. The van der Waals surface area contributed by atoms with Gasteiger partial charge in [0.25, 0.3) is 5.69 Å². The van der Waals surface area contributed by atoms with E-state index in [1.165, 1.54) is 26.4 Å². The minimum Gasteiger partial charge on any atom is -0.493 e. The van der Waals surface area contributed by atoms with Gasteiger partial charge in [0.05, 0.1) is 19.1 Å². The fraction of sp³-hybridized carbons (Fsp3) is 0.235. The Labute approximate surface area is 132 Å². The molecule has 0 aliphatic heterocycles. The predicted molar refractivity (Wildman–Crippen MR) is 83.4 cm³/mol. The van der Waals surface area contributed by atoms with Gasteiger partial charge in [0.15, 0.2) is 17.3 Å². The number of hydrogen-bond donors (Lipinski definition) is 0. The standard InChI is InChI=1S/C17H15NO5/c1-22-16-8-13-12(7-15(19)14(13)9-17(16)23-2)10-4-3-5-11(6-10)18(20)21/h3-6,8-9,12H,7H2,1-2H3. The Morgan fingerprint density at radius 3 is 2.48 bits per heavy atom. The van der Waals surface area contributed by atoms with Gasteiger partial charge in [0.1, 0.15) is 0 Å². The highest BCUT2D eigenvalue weighted by Crippen LogP contribution is 2.43. The van der Waals surface area contributed by atoms with E-state index < -0.39 is 4.92 Å². The molecule has 2 aromatic rings. The van der Waals surface area contributed by atoms with Crippen LogP contribution in [0.1, 0.15) is 33.8 Å². The molecule has 3 rings (SSSR count). The molecule has 6 heteroatoms. The maximum Gasteiger partial charge on any atom is 0.269 e. The number of nitrogens with zero attached hydrogens (tertiary/aromatic N) is 1. The van der Waals surface area contributed by atoms with Crippen molar-refractivity contribution < 1.29 is 19.2 Å². The van der Waals surface area contributed by atoms with Gasteiger partial charge in [0.2, 0.25) is 0 Å². The topological polar surface area (TPSA) is 78.7 Å². The first-order chi connectivity index (χ1) is 11.0. The van der Waals surface area contributed by atoms with E-state index in [4.69, 9.17) is 9.47 Å². The van der Waals surface area contributed by atoms with E-state index >= 15 is 0 Å². The van der Waals surface area contributed by atoms with Crippen molar-refractivity contribution in [1.29, 1.82) is 0 Å². The van der Waals surface area contributed by atoms with Crippen LogP contribution in [0, 0.1) is 10.1 Å². The van der Waals surface area contributed by atoms with Crippen LogP contribution in [0.2, 0.25) is 0 Å². The molecule has 0 saturated carbocycles. The average Bonchev–Trinajstić information content (AvgIpc) is 2.89. The summed E-state index contributed by atoms with van der Waals surface area (Å²) in [5, 5.41) is 11.0. The van der Waals surface area contributed by atoms with Crippen molar-refractivity contribution >= 4 is 11.5 Å². The Hall–Kier alpha value is -2.89. The number of nitro benzene ring substituents is 1. The molecule has 1 atom stereocenters. The normalized spacial score (nSPS) is 16.1. The lowest BCUT2D eigenvalue weighted by Crippen LogP contribution is -1.99. The zero-order valence-electron chi connectivity index (χ0n) is 12.7. The van der Waals surface area contributed by atoms with Gasteiger partial charge in [-0.15, -0.1) is 0 Å². The van der Waals surface area contributed by atoms with E-state index in [1.807, 2.05) is 0 Å². The summed E-state index contributed by atoms with van der Waals surface area (Å²) < 4.78 is 10.5. The molecular formula is C17H15NO5. The van der Waals surface area contributed by atoms with Crippen LogP contribution in [0.3, 0.4) is 0 Å². The molecule has 0 bridgehead atoms. The van der Waals surface area contributed by atoms with Crippen molar-refractivity contribution in [3.8, 4) is 11.5 Å². The van der Waals surface area contributed by atoms with Crippen LogP contribution in [-0.4, -0.2) is 24.9 Å². The van der Waals surface area contributed by atoms with Crippen molar-refractivity contribution in [3.63, 3.8) is 0 Å². The van der Waals surface area contributed by atoms with Crippen molar-refractivity contribution in [1.82, 2.24) is 0 Å². The largest absolute Gasteiger partial charge is 0.493 e. The molecule has 0 saturated heterocycles. The van der Waals surface area contributed by atoms with Crippen LogP contribution in [0.25, 0.3) is 0 Å². The van der Waals surface area contributed by atoms with Crippen LogP contribution in [-0.2, 0) is 0 Å². The van der Waals surface area contributed by atoms with E-state index in [-0.39, 0.29) is 23.8 Å². The van der Waals surface area contributed by atoms with Gasteiger partial charge in [-0.2, -0.15) is 0 Å². The van der Waals surface area contributed by atoms with Gasteiger partial charge in [-0.3, -0.25) is 14.9 Å². The highest BCUT2D eigenvalue weighted by molar-refractivity contribution is 6.02. The summed E-state index contributed by atoms with van der Waals surface area (Å²) in [6.45, 7) is 0. The summed E-state index contributed by atoms with van der Waals surface area (Å²) in [5.41, 5.74) is 2.16. The van der Waals surface area contributed by atoms with Crippen LogP contribution in [0.15, 0.2) is 36.4 Å². The van der Waals surface area contributed by atoms with Crippen LogP contribution < -0.4 is 9.47 Å². The first-order valence-corrected chi connectivity index (χ1v) is 7.08. The zero-order chi connectivity index (χ0) is 16.6. The number of methoxy groups -OCH3 is 2. The minimum atomic E-state index is -0.435. The van der Waals surface area contributed by atoms with Gasteiger partial charge in [-0.1, -0.05) is 12.1 Å². The number of ketones is 1. The second kappa shape index (κ2) is 5.72. The van der Waals surface area contributed by atoms with Crippen molar-refractivity contribution in [2.75, 3.05) is 14.2 Å². The summed E-state index contributed by atoms with van der Waals surface area (Å²) >= 11 is 0. The third kappa shape index (κ3) is 2.52. The summed E-state index contributed by atoms with van der Waals surface area (Å²) in [4.78, 5) is 22.8. The van der Waals surface area contributed by atoms with E-state index in [1.54, 1.807) is 24.3 Å². The first kappa shape index (κ1) is 15.0. The molecule has 0 spiro atoms. The van der Waals surface area contributed by atoms with Gasteiger partial charge < -0.3 is 9.47 Å². The molecule has 2 aromatic carbocycles. The summed E-state index contributed by atoms with van der Waals surface area (Å²) in [7, 11) is 3.05. The third-order valence-corrected chi connectivity index (χ3v) is 4.10. The Morgan fingerprint density at radius 2 is 1.83 bits per heavy atom. The Morgan fingerprint density at radius 1 is 1.13 bits per heavy atom. The SMILES string of the molecule is COc1cc2c(cc1OC)C(c1cccc([N+](=O)[O-])c1)CC2=O. The summed E-state index contributed by atoms with van der Waals surface area (Å²) in [6, 6.07) is 9.85. The Kier molecular flexibility index (Phi) is 3.73. The number of non-ortho nitro benzene ring substituents is 1. The lowest BCUT2D eigenvalue weighted by Gasteiger charge is -2.14. The number of carbonyl (C=O) groups is 1. The molecule has 0 N–H and O–H groups in total. The van der Waals surface area contributed by atoms with Gasteiger partial charge >= 0.3 is 0 Å². The predicted octanol–water partition coefficient (Wildman–Crippen LogP) is 3.33. The summed E-state index contributed by atoms with van der Waals surface area (Å²) in [6.07, 6.45) is 0.285. The van der Waals surface area contributed by atoms with Crippen LogP contribution in [0.5, 0.6) is 11.5 Å². The number of carbonyl (C=O) groups excluding carboxylic acids is 1. The number of nitro groups is 1. The van der Waals surface area contributed by atoms with E-state index in [2.05, 4.69) is 0 Å². The van der Waals surface area contributed by atoms with Gasteiger partial charge in [-0.25, -0.2) is 0 Å². The van der Waals surface area contributed by atoms with E-state index in [0.717, 1.165) is 11.1 Å². The maximum absolute atomic E-state index is 12.3. The second-order valence-electron chi connectivity index (χ2n) is 5.33. The smallest absolute Gasteiger partial charge is 0.269 e. The molecule has 0 fully saturated rings. The van der Waals surface area contributed by atoms with Crippen molar-refractivity contribution in [2.24, 2.45) is 0 Å². The summed E-state index contributed by atoms with van der Waals surface area (Å²) in [5.74, 6) is 0.824. The van der Waals surface area contributed by atoms with Crippen molar-refractivity contribution in [3.05, 3.63) is 63.2 Å². The molecule has 6 nitrogen and oxygen atoms in total. The molecule has 1 aliphatic carbocycles. The Balaban J connectivity index is 2.11. The highest BCUT2D eigenvalue weighted by Gasteiger charge is 2.32. The maximum atomic E-state index is 12.3. The van der Waals surface area contributed by atoms with E-state index in [0.29, 0.717) is 17.1 Å². The number of benzene rings is 2. The lowest BCUT2D eigenvalue weighted by atomic mass is 9.92. The van der Waals surface area contributed by atoms with Crippen LogP contribution >= 0.6 is 0 Å². The fourth-order valence-electron chi connectivity index (χ4n) is 2.98. The number of Topliss-reactive ketones (excluding diaryl/α,β-unsaturated/α-hetero) is 1. The average molecular weight is 313 g/mol. The van der Waals surface area contributed by atoms with Gasteiger partial charge in [0, 0.05) is 30.0 Å². The number of hydrogen-bond acceptors (Lipinski definition) is 5. The molecule has 1 unspecified atom stereocenters. The molecule has 0 aromatic heterocycles. The zero-order valence-corrected chi connectivity index (χ0v) is 12.7. The second-order valence-corrected chi connectivity index (χ2v) is 5.33. The lowest BCUT2D eigenvalue weighted by molar-refractivity contribution is -0.384. The molecule has 23 heavy (non-hydrogen) atoms. The third-order valence-electron chi connectivity index (χ3n) is 4.10. The number of fused-ring (bicyclic) bond motifs is 1. The Bertz CT molecular complexity index is 800. The molecule has 0 heterocycles. The molecule has 1 aliphatic rings. The number of rotatable bonds is 4. The van der Waals surface area contributed by atoms with Crippen molar-refractivity contribution in [2.45, 2.75) is 12.3 Å². The first-order valence-electron chi connectivity index (χ1n) is 7.08. The molecule has 118 valence electrons. The van der Waals surface area contributed by atoms with Gasteiger partial charge in [-0.05, 0) is 23.3 Å². The van der Waals surface area contributed by atoms with E-state index in [9.17, 15) is 14.9 Å². The van der Waals surface area contributed by atoms with Crippen LogP contribution in [0.4, 0.5) is 5.69 Å². The molecule has 0 radical (unpaired) electrons. The fourth-order valence-corrected chi connectivity index (χ4v) is 2.98. The minimum absolute atomic E-state index is 0.00235. The monoisotopic (exact) mass is 313 g/mol. The molecular weight excluding hydrogens is 298 g/mol. The quantitative estimate of drug-likeness (QED) is 0.639.